The zero-order chi connectivity index (χ0) is 14.0. The lowest BCUT2D eigenvalue weighted by Gasteiger charge is -2.15. The second-order valence-electron chi connectivity index (χ2n) is 4.46. The quantitative estimate of drug-likeness (QED) is 0.857. The smallest absolute Gasteiger partial charge is 0.360 e. The Kier molecular flexibility index (Phi) is 3.55. The number of aromatic nitrogens is 2. The highest BCUT2D eigenvalue weighted by atomic mass is 16.5. The van der Waals surface area contributed by atoms with Crippen LogP contribution in [0.2, 0.25) is 0 Å². The van der Waals surface area contributed by atoms with E-state index in [0.717, 1.165) is 5.56 Å². The predicted molar refractivity (Wildman–Crippen MR) is 73.0 cm³/mol. The minimum absolute atomic E-state index is 0.00602. The fourth-order valence-electron chi connectivity index (χ4n) is 1.94. The van der Waals surface area contributed by atoms with Gasteiger partial charge in [0, 0.05) is 0 Å². The van der Waals surface area contributed by atoms with Gasteiger partial charge < -0.3 is 15.0 Å². The summed E-state index contributed by atoms with van der Waals surface area (Å²) >= 11 is 0. The van der Waals surface area contributed by atoms with Crippen LogP contribution in [-0.4, -0.2) is 22.6 Å². The van der Waals surface area contributed by atoms with E-state index in [1.165, 1.54) is 12.7 Å². The summed E-state index contributed by atoms with van der Waals surface area (Å²) in [5, 5.41) is 0. The normalized spacial score (nSPS) is 12.2. The van der Waals surface area contributed by atoms with Crippen molar-refractivity contribution in [2.45, 2.75) is 19.9 Å². The van der Waals surface area contributed by atoms with E-state index < -0.39 is 5.97 Å². The Labute approximate surface area is 112 Å². The second kappa shape index (κ2) is 5.14. The number of anilines is 1. The number of rotatable bonds is 3. The van der Waals surface area contributed by atoms with Gasteiger partial charge in [-0.05, 0) is 19.4 Å². The minimum Gasteiger partial charge on any atom is -0.464 e. The number of carbonyl (C=O) groups excluding carboxylic acids is 1. The molecule has 1 aromatic heterocycles. The van der Waals surface area contributed by atoms with E-state index in [1.54, 1.807) is 10.9 Å². The molecular weight excluding hydrogens is 242 g/mol. The van der Waals surface area contributed by atoms with Crippen molar-refractivity contribution in [1.29, 1.82) is 0 Å². The van der Waals surface area contributed by atoms with Crippen LogP contribution in [0.1, 0.15) is 34.6 Å². The van der Waals surface area contributed by atoms with E-state index >= 15 is 0 Å². The van der Waals surface area contributed by atoms with Crippen molar-refractivity contribution in [1.82, 2.24) is 9.55 Å². The van der Waals surface area contributed by atoms with Crippen LogP contribution >= 0.6 is 0 Å². The van der Waals surface area contributed by atoms with Gasteiger partial charge in [0.2, 0.25) is 0 Å². The number of nitrogens with zero attached hydrogens (tertiary/aromatic N) is 2. The van der Waals surface area contributed by atoms with Crippen LogP contribution in [-0.2, 0) is 4.74 Å². The first-order valence-corrected chi connectivity index (χ1v) is 6.01. The van der Waals surface area contributed by atoms with Crippen molar-refractivity contribution in [2.24, 2.45) is 0 Å². The summed E-state index contributed by atoms with van der Waals surface area (Å²) in [5.74, 6) is -0.202. The maximum Gasteiger partial charge on any atom is 0.360 e. The molecule has 0 aliphatic rings. The van der Waals surface area contributed by atoms with E-state index in [0.29, 0.717) is 5.82 Å². The Balaban J connectivity index is 2.34. The highest BCUT2D eigenvalue weighted by Crippen LogP contribution is 2.23. The maximum absolute atomic E-state index is 11.5. The summed E-state index contributed by atoms with van der Waals surface area (Å²) in [6.07, 6.45) is 1.56. The van der Waals surface area contributed by atoms with Crippen molar-refractivity contribution in [3.8, 4) is 0 Å². The fraction of sp³-hybridized carbons (Fsp3) is 0.286. The van der Waals surface area contributed by atoms with Crippen LogP contribution in [0.15, 0.2) is 30.6 Å². The second-order valence-corrected chi connectivity index (χ2v) is 4.46. The lowest BCUT2D eigenvalue weighted by Crippen LogP contribution is -2.11. The Morgan fingerprint density at radius 1 is 1.37 bits per heavy atom. The average molecular weight is 259 g/mol. The van der Waals surface area contributed by atoms with Crippen LogP contribution in [0.25, 0.3) is 0 Å². The molecule has 5 heteroatoms. The van der Waals surface area contributed by atoms with Gasteiger partial charge in [0.05, 0.1) is 19.5 Å². The van der Waals surface area contributed by atoms with Gasteiger partial charge in [0.15, 0.2) is 5.69 Å². The van der Waals surface area contributed by atoms with Gasteiger partial charge in [-0.3, -0.25) is 0 Å². The number of benzene rings is 1. The third-order valence-corrected chi connectivity index (χ3v) is 3.19. The van der Waals surface area contributed by atoms with Crippen LogP contribution in [0.4, 0.5) is 5.82 Å². The minimum atomic E-state index is -0.521. The van der Waals surface area contributed by atoms with Gasteiger partial charge >= 0.3 is 5.97 Å². The largest absolute Gasteiger partial charge is 0.464 e. The molecule has 2 N–H and O–H groups in total. The molecule has 0 aliphatic carbocycles. The van der Waals surface area contributed by atoms with Gasteiger partial charge in [-0.1, -0.05) is 29.8 Å². The van der Waals surface area contributed by atoms with E-state index in [2.05, 4.69) is 9.72 Å². The molecule has 5 nitrogen and oxygen atoms in total. The van der Waals surface area contributed by atoms with Crippen LogP contribution in [0, 0.1) is 6.92 Å². The van der Waals surface area contributed by atoms with Crippen molar-refractivity contribution >= 4 is 11.8 Å². The van der Waals surface area contributed by atoms with E-state index in [4.69, 9.17) is 5.73 Å². The molecule has 0 fully saturated rings. The molecule has 0 spiro atoms. The van der Waals surface area contributed by atoms with Gasteiger partial charge in [-0.2, -0.15) is 0 Å². The fourth-order valence-corrected chi connectivity index (χ4v) is 1.94. The Morgan fingerprint density at radius 3 is 2.58 bits per heavy atom. The van der Waals surface area contributed by atoms with Crippen molar-refractivity contribution in [3.05, 3.63) is 47.4 Å². The number of carbonyl (C=O) groups is 1. The molecule has 0 bridgehead atoms. The van der Waals surface area contributed by atoms with E-state index in [1.807, 2.05) is 38.1 Å². The highest BCUT2D eigenvalue weighted by Gasteiger charge is 2.19. The molecule has 0 aliphatic heterocycles. The molecule has 1 heterocycles. The number of nitrogen functional groups attached to an aromatic ring is 1. The topological polar surface area (TPSA) is 70.1 Å². The number of esters is 1. The third-order valence-electron chi connectivity index (χ3n) is 3.19. The third kappa shape index (κ3) is 2.45. The summed E-state index contributed by atoms with van der Waals surface area (Å²) in [4.78, 5) is 15.5. The van der Waals surface area contributed by atoms with E-state index in [9.17, 15) is 4.79 Å². The van der Waals surface area contributed by atoms with Gasteiger partial charge in [-0.25, -0.2) is 9.78 Å². The molecule has 1 atom stereocenters. The summed E-state index contributed by atoms with van der Waals surface area (Å²) in [6.45, 7) is 4.04. The number of methoxy groups -OCH3 is 1. The molecule has 100 valence electrons. The van der Waals surface area contributed by atoms with E-state index in [-0.39, 0.29) is 11.7 Å². The zero-order valence-corrected chi connectivity index (χ0v) is 11.3. The molecule has 2 rings (SSSR count). The Morgan fingerprint density at radius 2 is 2.00 bits per heavy atom. The zero-order valence-electron chi connectivity index (χ0n) is 11.3. The van der Waals surface area contributed by atoms with Crippen molar-refractivity contribution in [2.75, 3.05) is 12.8 Å². The molecule has 0 amide bonds. The number of nitrogens with two attached hydrogens (primary N) is 1. The maximum atomic E-state index is 11.5. The van der Waals surface area contributed by atoms with Gasteiger partial charge in [0.1, 0.15) is 5.82 Å². The lowest BCUT2D eigenvalue weighted by molar-refractivity contribution is 0.0596. The Bertz CT molecular complexity index is 587. The number of imidazole rings is 1. The predicted octanol–water partition coefficient (Wildman–Crippen LogP) is 2.17. The summed E-state index contributed by atoms with van der Waals surface area (Å²) < 4.78 is 6.40. The number of hydrogen-bond donors (Lipinski definition) is 1. The molecule has 0 saturated carbocycles. The molecule has 0 radical (unpaired) electrons. The molecule has 2 aromatic rings. The summed E-state index contributed by atoms with van der Waals surface area (Å²) in [6, 6.07) is 8.17. The van der Waals surface area contributed by atoms with Crippen molar-refractivity contribution < 1.29 is 9.53 Å². The SMILES string of the molecule is COC(=O)c1ncn(C(C)c2ccc(C)cc2)c1N. The monoisotopic (exact) mass is 259 g/mol. The average Bonchev–Trinajstić information content (AvgIpc) is 2.80. The van der Waals surface area contributed by atoms with Gasteiger partial charge in [0.25, 0.3) is 0 Å². The number of aryl methyl sites for hydroxylation is 1. The highest BCUT2D eigenvalue weighted by molar-refractivity contribution is 5.92. The standard InChI is InChI=1S/C14H17N3O2/c1-9-4-6-11(7-5-9)10(2)17-8-16-12(13(17)15)14(18)19-3/h4-8,10H,15H2,1-3H3. The lowest BCUT2D eigenvalue weighted by atomic mass is 10.1. The summed E-state index contributed by atoms with van der Waals surface area (Å²) in [5.41, 5.74) is 8.40. The summed E-state index contributed by atoms with van der Waals surface area (Å²) in [7, 11) is 1.31. The van der Waals surface area contributed by atoms with Gasteiger partial charge in [-0.15, -0.1) is 0 Å². The molecule has 0 saturated heterocycles. The van der Waals surface area contributed by atoms with Crippen LogP contribution in [0.5, 0.6) is 0 Å². The molecule has 1 aromatic carbocycles. The molecule has 19 heavy (non-hydrogen) atoms. The molecule has 1 unspecified atom stereocenters. The Hall–Kier alpha value is -2.30. The van der Waals surface area contributed by atoms with Crippen molar-refractivity contribution in [3.63, 3.8) is 0 Å². The van der Waals surface area contributed by atoms with Crippen LogP contribution < -0.4 is 5.73 Å². The first kappa shape index (κ1) is 13.1. The number of hydrogen-bond acceptors (Lipinski definition) is 4. The van der Waals surface area contributed by atoms with Crippen LogP contribution in [0.3, 0.4) is 0 Å². The number of ether oxygens (including phenoxy) is 1. The first-order valence-electron chi connectivity index (χ1n) is 6.01. The molecular formula is C14H17N3O2. The first-order chi connectivity index (χ1) is 9.04.